The molecule has 2 heterocycles. The molecule has 1 aromatic carbocycles. The van der Waals surface area contributed by atoms with Crippen LogP contribution in [-0.2, 0) is 0 Å². The molecule has 2 N–H and O–H groups in total. The zero-order chi connectivity index (χ0) is 14.8. The monoisotopic (exact) mass is 299 g/mol. The van der Waals surface area contributed by atoms with E-state index in [1.807, 2.05) is 12.1 Å². The highest BCUT2D eigenvalue weighted by Crippen LogP contribution is 2.22. The topological polar surface area (TPSA) is 92.2 Å². The summed E-state index contributed by atoms with van der Waals surface area (Å²) in [5.41, 5.74) is 3.31. The van der Waals surface area contributed by atoms with Crippen molar-refractivity contribution >= 4 is 39.1 Å². The van der Waals surface area contributed by atoms with Gasteiger partial charge >= 0.3 is 5.97 Å². The summed E-state index contributed by atoms with van der Waals surface area (Å²) in [5.74, 6) is -1.56. The van der Waals surface area contributed by atoms with Crippen molar-refractivity contribution in [2.75, 3.05) is 5.32 Å². The second kappa shape index (κ2) is 5.29. The first-order valence-electron chi connectivity index (χ1n) is 5.97. The van der Waals surface area contributed by atoms with Crippen LogP contribution in [0.25, 0.3) is 10.2 Å². The summed E-state index contributed by atoms with van der Waals surface area (Å²) in [6.07, 6.45) is 1.30. The molecule has 6 nitrogen and oxygen atoms in total. The Bertz CT molecular complexity index is 844. The highest BCUT2D eigenvalue weighted by Gasteiger charge is 2.11. The number of amides is 1. The van der Waals surface area contributed by atoms with Crippen LogP contribution < -0.4 is 5.32 Å². The van der Waals surface area contributed by atoms with Crippen LogP contribution in [0.1, 0.15) is 20.8 Å². The van der Waals surface area contributed by atoms with E-state index in [0.717, 1.165) is 10.2 Å². The zero-order valence-electron chi connectivity index (χ0n) is 10.6. The number of carbonyl (C=O) groups is 2. The fourth-order valence-electron chi connectivity index (χ4n) is 1.82. The number of carboxylic acid groups (broad SMARTS) is 1. The summed E-state index contributed by atoms with van der Waals surface area (Å²) < 4.78 is 0.966. The second-order valence-corrected chi connectivity index (χ2v) is 5.11. The lowest BCUT2D eigenvalue weighted by Crippen LogP contribution is -2.13. The molecular weight excluding hydrogens is 290 g/mol. The Morgan fingerprint density at radius 2 is 2.00 bits per heavy atom. The number of benzene rings is 1. The molecule has 3 rings (SSSR count). The van der Waals surface area contributed by atoms with Gasteiger partial charge in [0.1, 0.15) is 5.69 Å². The molecule has 0 spiro atoms. The van der Waals surface area contributed by atoms with Gasteiger partial charge in [-0.1, -0.05) is 0 Å². The van der Waals surface area contributed by atoms with Gasteiger partial charge in [-0.05, 0) is 30.3 Å². The molecule has 0 atom stereocenters. The molecule has 104 valence electrons. The highest BCUT2D eigenvalue weighted by atomic mass is 32.1. The number of carboxylic acids is 1. The third-order valence-electron chi connectivity index (χ3n) is 2.83. The van der Waals surface area contributed by atoms with E-state index in [0.29, 0.717) is 5.69 Å². The van der Waals surface area contributed by atoms with Gasteiger partial charge in [-0.2, -0.15) is 0 Å². The number of carbonyl (C=O) groups excluding carboxylic acids is 1. The molecule has 7 heteroatoms. The number of fused-ring (bicyclic) bond motifs is 1. The van der Waals surface area contributed by atoms with Gasteiger partial charge in [0.15, 0.2) is 0 Å². The first kappa shape index (κ1) is 13.2. The first-order valence-corrected chi connectivity index (χ1v) is 6.85. The van der Waals surface area contributed by atoms with E-state index >= 15 is 0 Å². The molecule has 0 aliphatic carbocycles. The smallest absolute Gasteiger partial charge is 0.354 e. The number of rotatable bonds is 3. The normalized spacial score (nSPS) is 10.5. The molecule has 1 amide bonds. The van der Waals surface area contributed by atoms with E-state index in [-0.39, 0.29) is 17.2 Å². The van der Waals surface area contributed by atoms with Crippen molar-refractivity contribution in [3.63, 3.8) is 0 Å². The molecule has 0 fully saturated rings. The van der Waals surface area contributed by atoms with Crippen LogP contribution in [0.15, 0.2) is 42.0 Å². The van der Waals surface area contributed by atoms with E-state index in [4.69, 9.17) is 5.11 Å². The van der Waals surface area contributed by atoms with Crippen LogP contribution in [0.4, 0.5) is 5.69 Å². The fraction of sp³-hybridized carbons (Fsp3) is 0. The number of anilines is 1. The van der Waals surface area contributed by atoms with E-state index in [1.165, 1.54) is 29.7 Å². The van der Waals surface area contributed by atoms with Crippen LogP contribution in [0.2, 0.25) is 0 Å². The number of hydrogen-bond donors (Lipinski definition) is 2. The van der Waals surface area contributed by atoms with Gasteiger partial charge in [0.05, 0.1) is 15.7 Å². The van der Waals surface area contributed by atoms with E-state index in [9.17, 15) is 9.59 Å². The summed E-state index contributed by atoms with van der Waals surface area (Å²) in [7, 11) is 0. The third kappa shape index (κ3) is 2.72. The molecule has 0 radical (unpaired) electrons. The molecule has 21 heavy (non-hydrogen) atoms. The van der Waals surface area contributed by atoms with Crippen molar-refractivity contribution in [2.45, 2.75) is 0 Å². The molecule has 0 bridgehead atoms. The van der Waals surface area contributed by atoms with Crippen molar-refractivity contribution in [3.05, 3.63) is 53.3 Å². The Labute approximate surface area is 123 Å². The standard InChI is InChI=1S/C14H9N3O3S/c18-13(8-3-4-15-11(5-8)14(19)20)17-9-1-2-10-12(6-9)21-7-16-10/h1-7H,(H,17,18)(H,19,20). The van der Waals surface area contributed by atoms with Crippen molar-refractivity contribution in [1.82, 2.24) is 9.97 Å². The van der Waals surface area contributed by atoms with Crippen LogP contribution >= 0.6 is 11.3 Å². The third-order valence-corrected chi connectivity index (χ3v) is 3.62. The highest BCUT2D eigenvalue weighted by molar-refractivity contribution is 7.16. The average Bonchev–Trinajstić information content (AvgIpc) is 2.95. The molecule has 0 aliphatic heterocycles. The minimum Gasteiger partial charge on any atom is -0.477 e. The molecule has 0 aliphatic rings. The Hall–Kier alpha value is -2.80. The Kier molecular flexibility index (Phi) is 3.33. The van der Waals surface area contributed by atoms with Gasteiger partial charge in [-0.25, -0.2) is 14.8 Å². The lowest BCUT2D eigenvalue weighted by molar-refractivity contribution is 0.0690. The van der Waals surface area contributed by atoms with Gasteiger partial charge in [-0.15, -0.1) is 11.3 Å². The molecule has 3 aromatic rings. The predicted molar refractivity (Wildman–Crippen MR) is 78.8 cm³/mol. The van der Waals surface area contributed by atoms with Crippen LogP contribution in [0.3, 0.4) is 0 Å². The summed E-state index contributed by atoms with van der Waals surface area (Å²) in [6.45, 7) is 0. The number of aromatic carboxylic acids is 1. The van der Waals surface area contributed by atoms with Gasteiger partial charge in [0, 0.05) is 17.4 Å². The molecule has 0 saturated heterocycles. The molecule has 0 saturated carbocycles. The Morgan fingerprint density at radius 1 is 1.14 bits per heavy atom. The van der Waals surface area contributed by atoms with Crippen molar-refractivity contribution < 1.29 is 14.7 Å². The van der Waals surface area contributed by atoms with Gasteiger partial charge in [-0.3, -0.25) is 4.79 Å². The quantitative estimate of drug-likeness (QED) is 0.775. The van der Waals surface area contributed by atoms with Crippen LogP contribution in [0.5, 0.6) is 0 Å². The minimum atomic E-state index is -1.17. The van der Waals surface area contributed by atoms with Crippen molar-refractivity contribution in [2.24, 2.45) is 0 Å². The maximum atomic E-state index is 12.1. The summed E-state index contributed by atoms with van der Waals surface area (Å²) in [4.78, 5) is 30.8. The van der Waals surface area contributed by atoms with Gasteiger partial charge in [0.2, 0.25) is 0 Å². The number of pyridine rings is 1. The minimum absolute atomic E-state index is 0.166. The van der Waals surface area contributed by atoms with Gasteiger partial charge in [0.25, 0.3) is 5.91 Å². The number of hydrogen-bond acceptors (Lipinski definition) is 5. The lowest BCUT2D eigenvalue weighted by Gasteiger charge is -2.05. The van der Waals surface area contributed by atoms with E-state index in [2.05, 4.69) is 15.3 Å². The zero-order valence-corrected chi connectivity index (χ0v) is 11.4. The van der Waals surface area contributed by atoms with Crippen LogP contribution in [0, 0.1) is 0 Å². The predicted octanol–water partition coefficient (Wildman–Crippen LogP) is 2.64. The molecule has 0 unspecified atom stereocenters. The van der Waals surface area contributed by atoms with Crippen molar-refractivity contribution in [3.8, 4) is 0 Å². The number of aromatic nitrogens is 2. The fourth-order valence-corrected chi connectivity index (χ4v) is 2.54. The largest absolute Gasteiger partial charge is 0.477 e. The Balaban J connectivity index is 1.85. The second-order valence-electron chi connectivity index (χ2n) is 4.22. The molecule has 2 aromatic heterocycles. The maximum absolute atomic E-state index is 12.1. The Morgan fingerprint density at radius 3 is 2.81 bits per heavy atom. The molecular formula is C14H9N3O3S. The first-order chi connectivity index (χ1) is 10.1. The summed E-state index contributed by atoms with van der Waals surface area (Å²) in [5, 5.41) is 11.6. The lowest BCUT2D eigenvalue weighted by atomic mass is 10.2. The SMILES string of the molecule is O=C(Nc1ccc2ncsc2c1)c1ccnc(C(=O)O)c1. The van der Waals surface area contributed by atoms with Crippen LogP contribution in [-0.4, -0.2) is 27.0 Å². The summed E-state index contributed by atoms with van der Waals surface area (Å²) in [6, 6.07) is 8.09. The number of nitrogens with zero attached hydrogens (tertiary/aromatic N) is 2. The summed E-state index contributed by atoms with van der Waals surface area (Å²) >= 11 is 1.48. The van der Waals surface area contributed by atoms with E-state index < -0.39 is 5.97 Å². The number of thiazole rings is 1. The van der Waals surface area contributed by atoms with Gasteiger partial charge < -0.3 is 10.4 Å². The average molecular weight is 299 g/mol. The number of nitrogens with one attached hydrogen (secondary N) is 1. The maximum Gasteiger partial charge on any atom is 0.354 e. The van der Waals surface area contributed by atoms with Crippen molar-refractivity contribution in [1.29, 1.82) is 0 Å². The van der Waals surface area contributed by atoms with E-state index in [1.54, 1.807) is 11.6 Å².